The average Bonchev–Trinajstić information content (AvgIpc) is 2.44. The Morgan fingerprint density at radius 1 is 1.24 bits per heavy atom. The third-order valence-electron chi connectivity index (χ3n) is 2.91. The van der Waals surface area contributed by atoms with Crippen molar-refractivity contribution in [1.82, 2.24) is 5.32 Å². The minimum atomic E-state index is -0.626. The Morgan fingerprint density at radius 3 is 2.52 bits per heavy atom. The number of hydrogen-bond donors (Lipinski definition) is 1. The number of rotatable bonds is 7. The summed E-state index contributed by atoms with van der Waals surface area (Å²) in [7, 11) is 0. The summed E-state index contributed by atoms with van der Waals surface area (Å²) in [4.78, 5) is 23.1. The van der Waals surface area contributed by atoms with Crippen molar-refractivity contribution in [3.8, 4) is 5.75 Å². The molecule has 0 bridgehead atoms. The Hall–Kier alpha value is -1.75. The zero-order valence-corrected chi connectivity index (χ0v) is 13.2. The van der Waals surface area contributed by atoms with E-state index >= 15 is 0 Å². The number of hydrogen-bond acceptors (Lipinski definition) is 4. The van der Waals surface area contributed by atoms with Crippen LogP contribution in [0.15, 0.2) is 24.3 Å². The first-order valence-electron chi connectivity index (χ1n) is 6.68. The number of carbonyl (C=O) groups is 2. The van der Waals surface area contributed by atoms with Crippen molar-refractivity contribution in [2.24, 2.45) is 0 Å². The molecule has 0 aliphatic carbocycles. The van der Waals surface area contributed by atoms with Crippen LogP contribution in [0, 0.1) is 0 Å². The molecule has 1 aromatic carbocycles. The summed E-state index contributed by atoms with van der Waals surface area (Å²) in [6.45, 7) is 5.13. The maximum atomic E-state index is 11.6. The zero-order chi connectivity index (χ0) is 15.9. The SMILES string of the molecule is CCC(C)(C)NC(=O)COC(=O)COc1ccccc1Cl. The van der Waals surface area contributed by atoms with Gasteiger partial charge >= 0.3 is 5.97 Å². The molecular weight excluding hydrogens is 294 g/mol. The highest BCUT2D eigenvalue weighted by atomic mass is 35.5. The number of nitrogens with one attached hydrogen (secondary N) is 1. The summed E-state index contributed by atoms with van der Waals surface area (Å²) in [5.74, 6) is -0.569. The number of amides is 1. The van der Waals surface area contributed by atoms with Gasteiger partial charge in [-0.15, -0.1) is 0 Å². The first kappa shape index (κ1) is 17.3. The summed E-state index contributed by atoms with van der Waals surface area (Å²) < 4.78 is 10.1. The fraction of sp³-hybridized carbons (Fsp3) is 0.467. The average molecular weight is 314 g/mol. The van der Waals surface area contributed by atoms with Crippen LogP contribution >= 0.6 is 11.6 Å². The molecule has 0 aliphatic heterocycles. The molecule has 1 rings (SSSR count). The van der Waals surface area contributed by atoms with Crippen molar-refractivity contribution in [3.05, 3.63) is 29.3 Å². The van der Waals surface area contributed by atoms with Gasteiger partial charge in [0, 0.05) is 5.54 Å². The number of benzene rings is 1. The lowest BCUT2D eigenvalue weighted by Crippen LogP contribution is -2.44. The van der Waals surface area contributed by atoms with Crippen LogP contribution in [-0.2, 0) is 14.3 Å². The summed E-state index contributed by atoms with van der Waals surface area (Å²) in [6, 6.07) is 6.80. The van der Waals surface area contributed by atoms with Gasteiger partial charge in [0.15, 0.2) is 13.2 Å². The van der Waals surface area contributed by atoms with Crippen LogP contribution in [0.4, 0.5) is 0 Å². The lowest BCUT2D eigenvalue weighted by Gasteiger charge is -2.24. The maximum Gasteiger partial charge on any atom is 0.344 e. The van der Waals surface area contributed by atoms with E-state index in [1.165, 1.54) is 0 Å². The molecule has 0 spiro atoms. The lowest BCUT2D eigenvalue weighted by atomic mass is 10.0. The third-order valence-corrected chi connectivity index (χ3v) is 3.22. The van der Waals surface area contributed by atoms with E-state index in [2.05, 4.69) is 5.32 Å². The molecule has 6 heteroatoms. The van der Waals surface area contributed by atoms with E-state index in [1.807, 2.05) is 20.8 Å². The topological polar surface area (TPSA) is 64.6 Å². The molecule has 0 fully saturated rings. The molecule has 116 valence electrons. The summed E-state index contributed by atoms with van der Waals surface area (Å²) in [5, 5.41) is 3.18. The second-order valence-electron chi connectivity index (χ2n) is 5.17. The second-order valence-corrected chi connectivity index (χ2v) is 5.57. The van der Waals surface area contributed by atoms with E-state index < -0.39 is 5.97 Å². The number of carbonyl (C=O) groups excluding carboxylic acids is 2. The van der Waals surface area contributed by atoms with E-state index in [1.54, 1.807) is 24.3 Å². The monoisotopic (exact) mass is 313 g/mol. The van der Waals surface area contributed by atoms with E-state index in [0.717, 1.165) is 6.42 Å². The summed E-state index contributed by atoms with van der Waals surface area (Å²) >= 11 is 5.88. The Kier molecular flexibility index (Phi) is 6.49. The first-order valence-corrected chi connectivity index (χ1v) is 7.06. The molecule has 1 N–H and O–H groups in total. The molecule has 0 aromatic heterocycles. The van der Waals surface area contributed by atoms with E-state index in [0.29, 0.717) is 10.8 Å². The van der Waals surface area contributed by atoms with Gasteiger partial charge < -0.3 is 14.8 Å². The second kappa shape index (κ2) is 7.88. The molecule has 0 saturated heterocycles. The van der Waals surface area contributed by atoms with Gasteiger partial charge in [0.25, 0.3) is 5.91 Å². The van der Waals surface area contributed by atoms with Crippen LogP contribution in [0.25, 0.3) is 0 Å². The minimum Gasteiger partial charge on any atom is -0.480 e. The van der Waals surface area contributed by atoms with E-state index in [-0.39, 0.29) is 24.7 Å². The van der Waals surface area contributed by atoms with Gasteiger partial charge in [-0.05, 0) is 32.4 Å². The fourth-order valence-electron chi connectivity index (χ4n) is 1.39. The molecule has 0 unspecified atom stereocenters. The van der Waals surface area contributed by atoms with Crippen molar-refractivity contribution >= 4 is 23.5 Å². The van der Waals surface area contributed by atoms with Gasteiger partial charge in [0.1, 0.15) is 5.75 Å². The van der Waals surface area contributed by atoms with Crippen LogP contribution in [-0.4, -0.2) is 30.6 Å². The molecule has 0 saturated carbocycles. The van der Waals surface area contributed by atoms with Gasteiger partial charge in [0.2, 0.25) is 0 Å². The van der Waals surface area contributed by atoms with Crippen LogP contribution in [0.5, 0.6) is 5.75 Å². The van der Waals surface area contributed by atoms with Crippen molar-refractivity contribution in [2.45, 2.75) is 32.7 Å². The maximum absolute atomic E-state index is 11.6. The van der Waals surface area contributed by atoms with Crippen LogP contribution in [0.3, 0.4) is 0 Å². The Labute approximate surface area is 129 Å². The standard InChI is InChI=1S/C15H20ClNO4/c1-4-15(2,3)17-13(18)9-21-14(19)10-20-12-8-6-5-7-11(12)16/h5-8H,4,9-10H2,1-3H3,(H,17,18). The molecular formula is C15H20ClNO4. The fourth-order valence-corrected chi connectivity index (χ4v) is 1.58. The van der Waals surface area contributed by atoms with Crippen molar-refractivity contribution in [2.75, 3.05) is 13.2 Å². The van der Waals surface area contributed by atoms with E-state index in [4.69, 9.17) is 21.1 Å². The lowest BCUT2D eigenvalue weighted by molar-refractivity contribution is -0.150. The molecule has 0 heterocycles. The summed E-state index contributed by atoms with van der Waals surface area (Å²) in [6.07, 6.45) is 0.780. The number of halogens is 1. The molecule has 5 nitrogen and oxygen atoms in total. The Bertz CT molecular complexity index is 502. The van der Waals surface area contributed by atoms with Gasteiger partial charge in [-0.2, -0.15) is 0 Å². The van der Waals surface area contributed by atoms with Gasteiger partial charge in [-0.1, -0.05) is 30.7 Å². The highest BCUT2D eigenvalue weighted by Gasteiger charge is 2.18. The molecule has 0 radical (unpaired) electrons. The van der Waals surface area contributed by atoms with Gasteiger partial charge in [-0.3, -0.25) is 4.79 Å². The third kappa shape index (κ3) is 6.49. The molecule has 1 amide bonds. The van der Waals surface area contributed by atoms with Crippen LogP contribution in [0.1, 0.15) is 27.2 Å². The minimum absolute atomic E-state index is 0.297. The quantitative estimate of drug-likeness (QED) is 0.786. The predicted octanol–water partition coefficient (Wildman–Crippen LogP) is 2.57. The normalized spacial score (nSPS) is 10.9. The smallest absolute Gasteiger partial charge is 0.344 e. The highest BCUT2D eigenvalue weighted by Crippen LogP contribution is 2.22. The van der Waals surface area contributed by atoms with Gasteiger partial charge in [-0.25, -0.2) is 4.79 Å². The van der Waals surface area contributed by atoms with Crippen molar-refractivity contribution < 1.29 is 19.1 Å². The molecule has 0 aliphatic rings. The van der Waals surface area contributed by atoms with Crippen molar-refractivity contribution in [3.63, 3.8) is 0 Å². The van der Waals surface area contributed by atoms with Crippen molar-refractivity contribution in [1.29, 1.82) is 0 Å². The van der Waals surface area contributed by atoms with E-state index in [9.17, 15) is 9.59 Å². The first-order chi connectivity index (χ1) is 9.84. The Balaban J connectivity index is 2.32. The number of ether oxygens (including phenoxy) is 2. The Morgan fingerprint density at radius 2 is 1.90 bits per heavy atom. The predicted molar refractivity (Wildman–Crippen MR) is 80.4 cm³/mol. The summed E-state index contributed by atoms with van der Waals surface area (Å²) in [5.41, 5.74) is -0.322. The van der Waals surface area contributed by atoms with Gasteiger partial charge in [0.05, 0.1) is 5.02 Å². The zero-order valence-electron chi connectivity index (χ0n) is 12.4. The molecule has 21 heavy (non-hydrogen) atoms. The van der Waals surface area contributed by atoms with Crippen LogP contribution in [0.2, 0.25) is 5.02 Å². The largest absolute Gasteiger partial charge is 0.480 e. The number of para-hydroxylation sites is 1. The molecule has 0 atom stereocenters. The number of esters is 1. The molecule has 1 aromatic rings. The van der Waals surface area contributed by atoms with Crippen LogP contribution < -0.4 is 10.1 Å². The highest BCUT2D eigenvalue weighted by molar-refractivity contribution is 6.32.